The predicted molar refractivity (Wildman–Crippen MR) is 258 cm³/mol. The van der Waals surface area contributed by atoms with Crippen molar-refractivity contribution in [1.82, 2.24) is 20.0 Å². The van der Waals surface area contributed by atoms with Gasteiger partial charge in [0, 0.05) is 40.3 Å². The Balaban J connectivity index is 0.000000248. The van der Waals surface area contributed by atoms with E-state index in [0.717, 1.165) is 23.1 Å². The molecule has 0 radical (unpaired) electrons. The highest BCUT2D eigenvalue weighted by molar-refractivity contribution is 7.89. The first-order chi connectivity index (χ1) is 32.7. The van der Waals surface area contributed by atoms with Crippen LogP contribution in [0.3, 0.4) is 0 Å². The van der Waals surface area contributed by atoms with E-state index in [2.05, 4.69) is 27.7 Å². The number of benzene rings is 4. The van der Waals surface area contributed by atoms with Crippen molar-refractivity contribution in [3.63, 3.8) is 0 Å². The lowest BCUT2D eigenvalue weighted by atomic mass is 10.0. The second kappa shape index (κ2) is 28.6. The van der Waals surface area contributed by atoms with E-state index in [1.54, 1.807) is 31.2 Å². The number of hydrogen-bond acceptors (Lipinski definition) is 14. The third-order valence-corrected chi connectivity index (χ3v) is 13.8. The van der Waals surface area contributed by atoms with Gasteiger partial charge in [-0.25, -0.2) is 16.8 Å². The van der Waals surface area contributed by atoms with Crippen LogP contribution in [0.4, 0.5) is 0 Å². The Hall–Kier alpha value is -5.00. The van der Waals surface area contributed by atoms with E-state index >= 15 is 0 Å². The van der Waals surface area contributed by atoms with E-state index < -0.39 is 32.2 Å². The van der Waals surface area contributed by atoms with Crippen LogP contribution in [0.15, 0.2) is 119 Å². The molecule has 0 aromatic heterocycles. The van der Waals surface area contributed by atoms with E-state index in [1.165, 1.54) is 51.0 Å². The average Bonchev–Trinajstić information content (AvgIpc) is 4.21. The summed E-state index contributed by atoms with van der Waals surface area (Å²) in [5.74, 6) is 0.801. The van der Waals surface area contributed by atoms with Gasteiger partial charge in [-0.15, -0.1) is 0 Å². The average molecular weight is 1000 g/mol. The standard InChI is InChI=1S/C24H32N2O7S.C12H17NO5S.C12H15NO2.CH4/c1-18(27)25-23(16-19-6-4-3-5-7-19)24(28)17-26(33-21-12-14-32-15-13-21)34(29,30)22-10-8-20(31-2)9-11-22;1-16-10-2-4-12(5-3-10)19(14,15)13-18-11-6-8-17-9-7-11;1-9(14)13-11(12-8-15-12)7-10-5-3-2-4-6-10;/h3-11,21,23-24,28H,12-17H2,1-2H3,(H,25,27);2-5,11,13H,6-9H2,1H3;2-6,11-12H,7-8H2,1H3,(H,13,14);1H4. The number of hydrogen-bond donors (Lipinski definition) is 4. The highest BCUT2D eigenvalue weighted by atomic mass is 32.2. The number of aliphatic hydroxyl groups excluding tert-OH is 1. The smallest absolute Gasteiger partial charge is 0.265 e. The first kappa shape index (κ1) is 56.6. The lowest BCUT2D eigenvalue weighted by Crippen LogP contribution is -2.51. The van der Waals surface area contributed by atoms with Gasteiger partial charge in [-0.3, -0.25) is 19.3 Å². The molecule has 4 aromatic carbocycles. The summed E-state index contributed by atoms with van der Waals surface area (Å²) < 4.78 is 77.6. The van der Waals surface area contributed by atoms with Gasteiger partial charge in [0.25, 0.3) is 20.0 Å². The van der Waals surface area contributed by atoms with Gasteiger partial charge in [-0.2, -0.15) is 0 Å². The fourth-order valence-electron chi connectivity index (χ4n) is 7.12. The van der Waals surface area contributed by atoms with Gasteiger partial charge in [0.15, 0.2) is 0 Å². The number of amides is 2. The molecule has 3 aliphatic heterocycles. The Kier molecular flexibility index (Phi) is 23.5. The van der Waals surface area contributed by atoms with E-state index in [1.807, 2.05) is 48.5 Å². The lowest BCUT2D eigenvalue weighted by molar-refractivity contribution is -0.170. The van der Waals surface area contributed by atoms with Crippen molar-refractivity contribution in [1.29, 1.82) is 0 Å². The third kappa shape index (κ3) is 19.4. The molecule has 2 amide bonds. The maximum atomic E-state index is 13.5. The Morgan fingerprint density at radius 2 is 1.14 bits per heavy atom. The second-order valence-electron chi connectivity index (χ2n) is 16.2. The summed E-state index contributed by atoms with van der Waals surface area (Å²) >= 11 is 0. The van der Waals surface area contributed by atoms with Crippen molar-refractivity contribution in [2.45, 2.75) is 106 Å². The molecule has 18 nitrogen and oxygen atoms in total. The Morgan fingerprint density at radius 1 is 0.681 bits per heavy atom. The highest BCUT2D eigenvalue weighted by Crippen LogP contribution is 2.24. The number of rotatable bonds is 20. The van der Waals surface area contributed by atoms with E-state index in [-0.39, 0.29) is 59.9 Å². The molecule has 0 saturated carbocycles. The van der Waals surface area contributed by atoms with Crippen LogP contribution in [0.25, 0.3) is 0 Å². The molecular formula is C49H68N4O14S2. The Morgan fingerprint density at radius 3 is 1.61 bits per heavy atom. The molecule has 0 spiro atoms. The molecule has 20 heteroatoms. The number of sulfonamides is 2. The van der Waals surface area contributed by atoms with Crippen LogP contribution >= 0.6 is 0 Å². The maximum absolute atomic E-state index is 13.5. The molecule has 0 bridgehead atoms. The molecule has 3 fully saturated rings. The van der Waals surface area contributed by atoms with Gasteiger partial charge >= 0.3 is 0 Å². The van der Waals surface area contributed by atoms with E-state index in [0.29, 0.717) is 70.0 Å². The minimum absolute atomic E-state index is 0. The fourth-order valence-corrected chi connectivity index (χ4v) is 9.28. The van der Waals surface area contributed by atoms with Crippen LogP contribution in [0.5, 0.6) is 11.5 Å². The molecule has 69 heavy (non-hydrogen) atoms. The van der Waals surface area contributed by atoms with Gasteiger partial charge < -0.3 is 39.4 Å². The van der Waals surface area contributed by atoms with Crippen molar-refractivity contribution in [2.75, 3.05) is 53.8 Å². The van der Waals surface area contributed by atoms with Gasteiger partial charge in [0.2, 0.25) is 11.8 Å². The molecule has 0 aliphatic carbocycles. The fraction of sp³-hybridized carbons (Fsp3) is 0.469. The molecule has 3 heterocycles. The normalized spacial score (nSPS) is 17.5. The van der Waals surface area contributed by atoms with Crippen LogP contribution in [-0.4, -0.2) is 129 Å². The van der Waals surface area contributed by atoms with Gasteiger partial charge in [0.1, 0.15) is 17.6 Å². The second-order valence-corrected chi connectivity index (χ2v) is 19.7. The Bertz CT molecular complexity index is 2330. The number of methoxy groups -OCH3 is 2. The van der Waals surface area contributed by atoms with Crippen LogP contribution < -0.4 is 25.0 Å². The van der Waals surface area contributed by atoms with Crippen LogP contribution in [0.1, 0.15) is 58.1 Å². The number of ether oxygens (including phenoxy) is 5. The zero-order valence-corrected chi connectivity index (χ0v) is 40.5. The summed E-state index contributed by atoms with van der Waals surface area (Å²) in [7, 11) is -4.75. The molecule has 3 saturated heterocycles. The zero-order valence-electron chi connectivity index (χ0n) is 38.9. The molecule has 3 aliphatic rings. The zero-order chi connectivity index (χ0) is 48.9. The number of nitrogens with one attached hydrogen (secondary N) is 3. The summed E-state index contributed by atoms with van der Waals surface area (Å²) in [6.45, 7) is 5.42. The molecule has 380 valence electrons. The first-order valence-corrected chi connectivity index (χ1v) is 25.3. The SMILES string of the molecule is C.CC(=O)NC(Cc1ccccc1)C1CO1.COc1ccc(S(=O)(=O)N(CC(O)C(Cc2ccccc2)NC(C)=O)OC2CCOCC2)cc1.COc1ccc(S(=O)(=O)NOC2CCOCC2)cc1. The minimum atomic E-state index is -4.11. The number of carbonyl (C=O) groups is 2. The van der Waals surface area contributed by atoms with Crippen LogP contribution in [-0.2, 0) is 66.4 Å². The Labute approximate surface area is 406 Å². The predicted octanol–water partition coefficient (Wildman–Crippen LogP) is 4.76. The third-order valence-electron chi connectivity index (χ3n) is 10.9. The van der Waals surface area contributed by atoms with E-state index in [4.69, 9.17) is 33.4 Å². The minimum Gasteiger partial charge on any atom is -0.497 e. The van der Waals surface area contributed by atoms with Crippen molar-refractivity contribution in [3.8, 4) is 11.5 Å². The topological polar surface area (TPSA) is 230 Å². The molecule has 4 atom stereocenters. The largest absolute Gasteiger partial charge is 0.497 e. The van der Waals surface area contributed by atoms with Crippen LogP contribution in [0, 0.1) is 0 Å². The monoisotopic (exact) mass is 1000 g/mol. The maximum Gasteiger partial charge on any atom is 0.265 e. The van der Waals surface area contributed by atoms with Gasteiger partial charge in [0.05, 0.1) is 67.6 Å². The number of aliphatic hydroxyl groups is 1. The molecule has 7 rings (SSSR count). The first-order valence-electron chi connectivity index (χ1n) is 22.4. The summed E-state index contributed by atoms with van der Waals surface area (Å²) in [5.41, 5.74) is 2.13. The van der Waals surface area contributed by atoms with Crippen molar-refractivity contribution >= 4 is 31.9 Å². The summed E-state index contributed by atoms with van der Waals surface area (Å²) in [4.78, 5) is 36.2. The van der Waals surface area contributed by atoms with E-state index in [9.17, 15) is 31.5 Å². The molecule has 4 N–H and O–H groups in total. The quantitative estimate of drug-likeness (QED) is 0.0692. The number of hydroxylamine groups is 1. The van der Waals surface area contributed by atoms with Gasteiger partial charge in [-0.1, -0.05) is 77.4 Å². The molecular weight excluding hydrogens is 933 g/mol. The van der Waals surface area contributed by atoms with Crippen molar-refractivity contribution in [2.24, 2.45) is 0 Å². The summed E-state index contributed by atoms with van der Waals surface area (Å²) in [6, 6.07) is 31.0. The molecule has 4 unspecified atom stereocenters. The molecule has 4 aromatic rings. The number of nitrogens with zero attached hydrogens (tertiary/aromatic N) is 1. The van der Waals surface area contributed by atoms with Gasteiger partial charge in [-0.05, 0) is 98.2 Å². The highest BCUT2D eigenvalue weighted by Gasteiger charge is 2.35. The lowest BCUT2D eigenvalue weighted by Gasteiger charge is -2.32. The number of carbonyl (C=O) groups excluding carboxylic acids is 2. The summed E-state index contributed by atoms with van der Waals surface area (Å²) in [6.07, 6.45) is 2.07. The van der Waals surface area contributed by atoms with Crippen molar-refractivity contribution < 1.29 is 64.9 Å². The van der Waals surface area contributed by atoms with Crippen molar-refractivity contribution in [3.05, 3.63) is 120 Å². The van der Waals surface area contributed by atoms with Crippen LogP contribution in [0.2, 0.25) is 0 Å². The number of epoxide rings is 1. The summed E-state index contributed by atoms with van der Waals surface area (Å²) in [5, 5.41) is 16.7.